The molecule has 8 heteroatoms. The van der Waals surface area contributed by atoms with Gasteiger partial charge in [-0.25, -0.2) is 0 Å². The van der Waals surface area contributed by atoms with E-state index in [0.29, 0.717) is 52.2 Å². The van der Waals surface area contributed by atoms with E-state index >= 15 is 0 Å². The van der Waals surface area contributed by atoms with Crippen molar-refractivity contribution in [3.05, 3.63) is 107 Å². The van der Waals surface area contributed by atoms with Gasteiger partial charge in [0.05, 0.1) is 13.2 Å². The molecule has 1 unspecified atom stereocenters. The first-order chi connectivity index (χ1) is 17.5. The first kappa shape index (κ1) is 23.5. The third-order valence-corrected chi connectivity index (χ3v) is 6.37. The number of nitrogens with zero attached hydrogens (tertiary/aromatic N) is 2. The lowest BCUT2D eigenvalue weighted by atomic mass is 9.95. The number of hydrogen-bond donors (Lipinski definition) is 2. The van der Waals surface area contributed by atoms with Gasteiger partial charge < -0.3 is 19.5 Å². The average molecular weight is 502 g/mol. The molecule has 0 spiro atoms. The smallest absolute Gasteiger partial charge is 0.273 e. The molecule has 3 aromatic carbocycles. The Bertz CT molecular complexity index is 1430. The number of aromatic amines is 1. The molecule has 1 aliphatic heterocycles. The zero-order valence-electron chi connectivity index (χ0n) is 19.6. The van der Waals surface area contributed by atoms with Gasteiger partial charge in [0.2, 0.25) is 0 Å². The Morgan fingerprint density at radius 3 is 2.69 bits per heavy atom. The molecule has 0 aliphatic carbocycles. The highest BCUT2D eigenvalue weighted by atomic mass is 35.5. The number of phenols is 1. The zero-order chi connectivity index (χ0) is 25.2. The molecule has 0 saturated carbocycles. The van der Waals surface area contributed by atoms with Crippen molar-refractivity contribution in [3.8, 4) is 28.5 Å². The first-order valence-electron chi connectivity index (χ1n) is 11.4. The van der Waals surface area contributed by atoms with E-state index < -0.39 is 6.04 Å². The topological polar surface area (TPSA) is 87.7 Å². The van der Waals surface area contributed by atoms with E-state index in [0.717, 1.165) is 11.1 Å². The summed E-state index contributed by atoms with van der Waals surface area (Å²) in [6.45, 7) is 4.41. The van der Waals surface area contributed by atoms with Gasteiger partial charge in [0.15, 0.2) is 11.5 Å². The molecule has 5 rings (SSSR count). The van der Waals surface area contributed by atoms with Crippen molar-refractivity contribution in [2.24, 2.45) is 0 Å². The summed E-state index contributed by atoms with van der Waals surface area (Å²) in [6.07, 6.45) is 1.66. The second-order valence-corrected chi connectivity index (χ2v) is 8.79. The predicted octanol–water partition coefficient (Wildman–Crippen LogP) is 5.75. The number of hydrogen-bond acceptors (Lipinski definition) is 5. The molecule has 7 nitrogen and oxygen atoms in total. The number of carbonyl (C=O) groups excluding carboxylic acids is 1. The van der Waals surface area contributed by atoms with Crippen LogP contribution >= 0.6 is 11.6 Å². The van der Waals surface area contributed by atoms with Crippen molar-refractivity contribution >= 4 is 17.5 Å². The van der Waals surface area contributed by atoms with Crippen molar-refractivity contribution in [2.45, 2.75) is 12.6 Å². The van der Waals surface area contributed by atoms with E-state index in [1.54, 1.807) is 30.2 Å². The maximum atomic E-state index is 13.6. The van der Waals surface area contributed by atoms with Crippen LogP contribution in [0.25, 0.3) is 11.3 Å². The minimum absolute atomic E-state index is 0.0205. The van der Waals surface area contributed by atoms with Gasteiger partial charge in [0.25, 0.3) is 5.91 Å². The van der Waals surface area contributed by atoms with Crippen molar-refractivity contribution < 1.29 is 19.4 Å². The number of amides is 1. The van der Waals surface area contributed by atoms with E-state index in [2.05, 4.69) is 16.8 Å². The van der Waals surface area contributed by atoms with Crippen molar-refractivity contribution in [1.29, 1.82) is 0 Å². The number of methoxy groups -OCH3 is 1. The zero-order valence-corrected chi connectivity index (χ0v) is 20.3. The Morgan fingerprint density at radius 1 is 1.14 bits per heavy atom. The minimum Gasteiger partial charge on any atom is -0.507 e. The summed E-state index contributed by atoms with van der Waals surface area (Å²) in [4.78, 5) is 15.4. The summed E-state index contributed by atoms with van der Waals surface area (Å²) in [5, 5.41) is 18.4. The van der Waals surface area contributed by atoms with E-state index in [1.165, 1.54) is 6.07 Å². The molecule has 1 atom stereocenters. The van der Waals surface area contributed by atoms with Gasteiger partial charge in [-0.2, -0.15) is 5.10 Å². The summed E-state index contributed by atoms with van der Waals surface area (Å²) in [5.41, 5.74) is 3.73. The van der Waals surface area contributed by atoms with Crippen LogP contribution < -0.4 is 9.47 Å². The van der Waals surface area contributed by atoms with Gasteiger partial charge in [-0.3, -0.25) is 9.89 Å². The monoisotopic (exact) mass is 501 g/mol. The number of ether oxygens (including phenoxy) is 2. The summed E-state index contributed by atoms with van der Waals surface area (Å²) in [7, 11) is 1.57. The largest absolute Gasteiger partial charge is 0.507 e. The number of carbonyl (C=O) groups is 1. The third kappa shape index (κ3) is 4.18. The second-order valence-electron chi connectivity index (χ2n) is 8.35. The number of phenolic OH excluding ortho intramolecular Hbond substituents is 1. The van der Waals surface area contributed by atoms with Gasteiger partial charge in [0.1, 0.15) is 23.7 Å². The van der Waals surface area contributed by atoms with E-state index in [-0.39, 0.29) is 11.7 Å². The minimum atomic E-state index is -0.498. The summed E-state index contributed by atoms with van der Waals surface area (Å²) < 4.78 is 11.3. The van der Waals surface area contributed by atoms with Gasteiger partial charge in [-0.05, 0) is 41.5 Å². The maximum absolute atomic E-state index is 13.6. The Hall–Kier alpha value is -4.23. The number of fused-ring (bicyclic) bond motifs is 1. The molecule has 1 aliphatic rings. The van der Waals surface area contributed by atoms with Gasteiger partial charge in [-0.15, -0.1) is 0 Å². The molecule has 0 saturated heterocycles. The highest BCUT2D eigenvalue weighted by Gasteiger charge is 2.42. The molecular weight excluding hydrogens is 478 g/mol. The third-order valence-electron chi connectivity index (χ3n) is 6.13. The lowest BCUT2D eigenvalue weighted by Gasteiger charge is -2.27. The fourth-order valence-corrected chi connectivity index (χ4v) is 4.68. The van der Waals surface area contributed by atoms with Crippen molar-refractivity contribution in [3.63, 3.8) is 0 Å². The number of H-pyrrole nitrogens is 1. The summed E-state index contributed by atoms with van der Waals surface area (Å²) in [6, 6.07) is 19.6. The average Bonchev–Trinajstić information content (AvgIpc) is 3.43. The first-order valence-corrected chi connectivity index (χ1v) is 11.7. The van der Waals surface area contributed by atoms with Crippen LogP contribution in [0.15, 0.2) is 79.4 Å². The SMILES string of the molecule is C=CCOc1ccc(C2c3c(-c4cc(Cl)ccc4O)n[nH]c3C(=O)N2Cc2ccccc2)cc1OC. The number of nitrogens with one attached hydrogen (secondary N) is 1. The highest BCUT2D eigenvalue weighted by Crippen LogP contribution is 2.46. The van der Waals surface area contributed by atoms with E-state index in [1.807, 2.05) is 48.5 Å². The lowest BCUT2D eigenvalue weighted by molar-refractivity contribution is 0.0730. The van der Waals surface area contributed by atoms with Gasteiger partial charge >= 0.3 is 0 Å². The Labute approximate surface area is 213 Å². The molecule has 4 aromatic rings. The summed E-state index contributed by atoms with van der Waals surface area (Å²) in [5.74, 6) is 0.933. The standard InChI is InChI=1S/C28H24ClN3O4/c1-3-13-36-22-12-9-18(14-23(22)35-2)27-24-25(20-15-19(29)10-11-21(20)33)30-31-26(24)28(34)32(27)16-17-7-5-4-6-8-17/h3-12,14-15,27,33H,1,13,16H2,2H3,(H,30,31). The van der Waals surface area contributed by atoms with Gasteiger partial charge in [0, 0.05) is 22.7 Å². The Balaban J connectivity index is 1.66. The van der Waals surface area contributed by atoms with Crippen LogP contribution in [0.3, 0.4) is 0 Å². The van der Waals surface area contributed by atoms with Crippen LogP contribution in [0.4, 0.5) is 0 Å². The molecular formula is C28H24ClN3O4. The van der Waals surface area contributed by atoms with Crippen LogP contribution in [0.1, 0.15) is 33.2 Å². The fraction of sp³-hybridized carbons (Fsp3) is 0.143. The molecule has 0 bridgehead atoms. The second kappa shape index (κ2) is 9.79. The number of halogens is 1. The van der Waals surface area contributed by atoms with E-state index in [4.69, 9.17) is 21.1 Å². The molecule has 36 heavy (non-hydrogen) atoms. The molecule has 0 fully saturated rings. The Kier molecular flexibility index (Phi) is 6.40. The molecule has 0 radical (unpaired) electrons. The molecule has 2 heterocycles. The van der Waals surface area contributed by atoms with Crippen molar-refractivity contribution in [1.82, 2.24) is 15.1 Å². The fourth-order valence-electron chi connectivity index (χ4n) is 4.51. The van der Waals surface area contributed by atoms with Crippen molar-refractivity contribution in [2.75, 3.05) is 13.7 Å². The quantitative estimate of drug-likeness (QED) is 0.300. The van der Waals surface area contributed by atoms with Crippen LogP contribution in [-0.2, 0) is 6.54 Å². The molecule has 182 valence electrons. The number of aromatic hydroxyl groups is 1. The van der Waals surface area contributed by atoms with Crippen LogP contribution in [0, 0.1) is 0 Å². The number of aromatic nitrogens is 2. The maximum Gasteiger partial charge on any atom is 0.273 e. The lowest BCUT2D eigenvalue weighted by Crippen LogP contribution is -2.29. The van der Waals surface area contributed by atoms with Crippen LogP contribution in [-0.4, -0.2) is 39.8 Å². The van der Waals surface area contributed by atoms with E-state index in [9.17, 15) is 9.90 Å². The molecule has 2 N–H and O–H groups in total. The predicted molar refractivity (Wildman–Crippen MR) is 138 cm³/mol. The normalized spacial score (nSPS) is 14.6. The number of rotatable bonds is 8. The molecule has 1 amide bonds. The molecule has 1 aromatic heterocycles. The van der Waals surface area contributed by atoms with Crippen LogP contribution in [0.2, 0.25) is 5.02 Å². The number of benzene rings is 3. The van der Waals surface area contributed by atoms with Crippen LogP contribution in [0.5, 0.6) is 17.2 Å². The van der Waals surface area contributed by atoms with Gasteiger partial charge in [-0.1, -0.05) is 60.7 Å². The Morgan fingerprint density at radius 2 is 1.94 bits per heavy atom. The summed E-state index contributed by atoms with van der Waals surface area (Å²) >= 11 is 6.24. The highest BCUT2D eigenvalue weighted by molar-refractivity contribution is 6.31.